The van der Waals surface area contributed by atoms with Crippen molar-refractivity contribution in [2.75, 3.05) is 6.61 Å². The first-order valence-electron chi connectivity index (χ1n) is 5.29. The molecule has 2 heterocycles. The Labute approximate surface area is 107 Å². The van der Waals surface area contributed by atoms with Crippen LogP contribution in [0.25, 0.3) is 0 Å². The van der Waals surface area contributed by atoms with Crippen LogP contribution in [0.2, 0.25) is 0 Å². The van der Waals surface area contributed by atoms with Gasteiger partial charge in [0.1, 0.15) is 0 Å². The smallest absolute Gasteiger partial charge is 0.369 e. The van der Waals surface area contributed by atoms with Crippen LogP contribution in [0, 0.1) is 6.92 Å². The molecule has 0 aliphatic rings. The van der Waals surface area contributed by atoms with E-state index < -0.39 is 5.97 Å². The molecule has 0 aromatic carbocycles. The Morgan fingerprint density at radius 2 is 2.28 bits per heavy atom. The van der Waals surface area contributed by atoms with Gasteiger partial charge in [0.15, 0.2) is 0 Å². The van der Waals surface area contributed by atoms with Gasteiger partial charge in [0.2, 0.25) is 10.9 Å². The minimum Gasteiger partial charge on any atom is -0.461 e. The van der Waals surface area contributed by atoms with Crippen LogP contribution in [0.5, 0.6) is 11.1 Å². The lowest BCUT2D eigenvalue weighted by Crippen LogP contribution is -2.03. The molecule has 2 rings (SSSR count). The molecule has 0 unspecified atom stereocenters. The van der Waals surface area contributed by atoms with Crippen molar-refractivity contribution >= 4 is 17.3 Å². The van der Waals surface area contributed by atoms with Gasteiger partial charge in [-0.05, 0) is 25.2 Å². The van der Waals surface area contributed by atoms with E-state index in [1.165, 1.54) is 0 Å². The Morgan fingerprint density at radius 3 is 2.89 bits per heavy atom. The van der Waals surface area contributed by atoms with E-state index in [1.807, 2.05) is 6.92 Å². The molecule has 0 fully saturated rings. The quantitative estimate of drug-likeness (QED) is 0.783. The van der Waals surface area contributed by atoms with Crippen molar-refractivity contribution in [1.29, 1.82) is 0 Å². The van der Waals surface area contributed by atoms with Gasteiger partial charge in [0.05, 0.1) is 12.3 Å². The average molecular weight is 268 g/mol. The largest absolute Gasteiger partial charge is 0.461 e. The van der Waals surface area contributed by atoms with Gasteiger partial charge < -0.3 is 9.47 Å². The molecule has 0 aliphatic heterocycles. The van der Waals surface area contributed by atoms with Crippen molar-refractivity contribution < 1.29 is 14.3 Å². The number of carbonyl (C=O) groups is 1. The maximum atomic E-state index is 11.4. The maximum absolute atomic E-state index is 11.4. The van der Waals surface area contributed by atoms with Crippen LogP contribution in [-0.4, -0.2) is 32.6 Å². The molecule has 2 aromatic heterocycles. The number of esters is 1. The molecule has 0 saturated carbocycles. The zero-order valence-corrected chi connectivity index (χ0v) is 11.0. The van der Waals surface area contributed by atoms with Gasteiger partial charge in [-0.2, -0.15) is 5.10 Å². The summed E-state index contributed by atoms with van der Waals surface area (Å²) in [6.07, 6.45) is 0. The van der Waals surface area contributed by atoms with E-state index in [-0.39, 0.29) is 10.2 Å². The van der Waals surface area contributed by atoms with Gasteiger partial charge in [-0.1, -0.05) is 5.10 Å². The Morgan fingerprint density at radius 1 is 1.50 bits per heavy atom. The zero-order valence-electron chi connectivity index (χ0n) is 10.2. The van der Waals surface area contributed by atoms with Crippen LogP contribution in [0.3, 0.4) is 0 Å². The van der Waals surface area contributed by atoms with E-state index in [0.717, 1.165) is 17.0 Å². The normalized spacial score (nSPS) is 10.4. The lowest BCUT2D eigenvalue weighted by atomic mass is 10.5. The summed E-state index contributed by atoms with van der Waals surface area (Å²) < 4.78 is 11.9. The van der Waals surface area contributed by atoms with Crippen molar-refractivity contribution in [2.24, 2.45) is 7.05 Å². The second-order valence-corrected chi connectivity index (χ2v) is 4.38. The third kappa shape index (κ3) is 2.65. The van der Waals surface area contributed by atoms with Gasteiger partial charge in [0, 0.05) is 13.1 Å². The summed E-state index contributed by atoms with van der Waals surface area (Å²) >= 11 is 1.03. The minimum atomic E-state index is -0.494. The van der Waals surface area contributed by atoms with Crippen LogP contribution in [0.1, 0.15) is 22.4 Å². The highest BCUT2D eigenvalue weighted by atomic mass is 32.1. The molecule has 2 aromatic rings. The predicted octanol–water partition coefficient (Wildman–Crippen LogP) is 1.55. The number of carbonyl (C=O) groups excluding carboxylic acids is 1. The summed E-state index contributed by atoms with van der Waals surface area (Å²) in [4.78, 5) is 11.4. The summed E-state index contributed by atoms with van der Waals surface area (Å²) in [5.41, 5.74) is 0.836. The average Bonchev–Trinajstić information content (AvgIpc) is 2.88. The number of aryl methyl sites for hydroxylation is 2. The molecule has 0 atom stereocenters. The molecule has 0 amide bonds. The van der Waals surface area contributed by atoms with E-state index in [0.29, 0.717) is 12.5 Å². The molecular weight excluding hydrogens is 256 g/mol. The highest BCUT2D eigenvalue weighted by Gasteiger charge is 2.16. The number of aromatic nitrogens is 4. The summed E-state index contributed by atoms with van der Waals surface area (Å²) in [5, 5.41) is 12.1. The second-order valence-electron chi connectivity index (χ2n) is 3.44. The Bertz CT molecular complexity index is 563. The van der Waals surface area contributed by atoms with Crippen LogP contribution in [-0.2, 0) is 11.8 Å². The highest BCUT2D eigenvalue weighted by molar-refractivity contribution is 7.14. The summed E-state index contributed by atoms with van der Waals surface area (Å²) in [5.74, 6) is 0.0464. The van der Waals surface area contributed by atoms with Crippen molar-refractivity contribution in [2.45, 2.75) is 13.8 Å². The van der Waals surface area contributed by atoms with Gasteiger partial charge in [-0.25, -0.2) is 9.48 Å². The fourth-order valence-corrected chi connectivity index (χ4v) is 1.90. The first-order chi connectivity index (χ1) is 8.60. The Kier molecular flexibility index (Phi) is 3.56. The molecule has 18 heavy (non-hydrogen) atoms. The van der Waals surface area contributed by atoms with Crippen molar-refractivity contribution in [3.8, 4) is 11.1 Å². The van der Waals surface area contributed by atoms with E-state index >= 15 is 0 Å². The van der Waals surface area contributed by atoms with Gasteiger partial charge >= 0.3 is 11.2 Å². The van der Waals surface area contributed by atoms with E-state index in [9.17, 15) is 4.79 Å². The summed E-state index contributed by atoms with van der Waals surface area (Å²) in [6, 6.07) is 1.77. The topological polar surface area (TPSA) is 79.1 Å². The standard InChI is InChI=1S/C10H12N4O3S/c1-4-16-9(15)8-11-12-10(18-8)17-7-5-6(2)13-14(7)3/h5H,4H2,1-3H3. The Balaban J connectivity index is 2.11. The van der Waals surface area contributed by atoms with E-state index in [2.05, 4.69) is 15.3 Å². The fraction of sp³-hybridized carbons (Fsp3) is 0.400. The van der Waals surface area contributed by atoms with Crippen molar-refractivity contribution in [3.05, 3.63) is 16.8 Å². The molecule has 7 nitrogen and oxygen atoms in total. The molecular formula is C10H12N4O3S. The molecule has 0 aliphatic carbocycles. The van der Waals surface area contributed by atoms with Crippen molar-refractivity contribution in [3.63, 3.8) is 0 Å². The van der Waals surface area contributed by atoms with Gasteiger partial charge in [-0.15, -0.1) is 5.10 Å². The molecule has 96 valence electrons. The van der Waals surface area contributed by atoms with Crippen LogP contribution >= 0.6 is 11.3 Å². The fourth-order valence-electron chi connectivity index (χ4n) is 1.30. The molecule has 0 saturated heterocycles. The van der Waals surface area contributed by atoms with Gasteiger partial charge in [-0.3, -0.25) is 0 Å². The molecule has 0 bridgehead atoms. The SMILES string of the molecule is CCOC(=O)c1nnc(Oc2cc(C)nn2C)s1. The van der Waals surface area contributed by atoms with Crippen LogP contribution in [0.4, 0.5) is 0 Å². The Hall–Kier alpha value is -1.96. The van der Waals surface area contributed by atoms with Crippen molar-refractivity contribution in [1.82, 2.24) is 20.0 Å². The lowest BCUT2D eigenvalue weighted by Gasteiger charge is -1.99. The van der Waals surface area contributed by atoms with E-state index in [4.69, 9.17) is 9.47 Å². The molecule has 0 spiro atoms. The number of ether oxygens (including phenoxy) is 2. The third-order valence-electron chi connectivity index (χ3n) is 2.01. The number of hydrogen-bond donors (Lipinski definition) is 0. The third-order valence-corrected chi connectivity index (χ3v) is 2.79. The van der Waals surface area contributed by atoms with Crippen LogP contribution < -0.4 is 4.74 Å². The van der Waals surface area contributed by atoms with Crippen LogP contribution in [0.15, 0.2) is 6.07 Å². The van der Waals surface area contributed by atoms with E-state index in [1.54, 1.807) is 24.7 Å². The molecule has 0 N–H and O–H groups in total. The second kappa shape index (κ2) is 5.13. The summed E-state index contributed by atoms with van der Waals surface area (Å²) in [6.45, 7) is 3.89. The lowest BCUT2D eigenvalue weighted by molar-refractivity contribution is 0.0525. The number of hydrogen-bond acceptors (Lipinski definition) is 7. The number of nitrogens with zero attached hydrogens (tertiary/aromatic N) is 4. The monoisotopic (exact) mass is 268 g/mol. The van der Waals surface area contributed by atoms with Gasteiger partial charge in [0.25, 0.3) is 0 Å². The summed E-state index contributed by atoms with van der Waals surface area (Å²) in [7, 11) is 1.76. The molecule has 8 heteroatoms. The first-order valence-corrected chi connectivity index (χ1v) is 6.11. The zero-order chi connectivity index (χ0) is 13.1. The molecule has 0 radical (unpaired) electrons. The maximum Gasteiger partial charge on any atom is 0.369 e. The minimum absolute atomic E-state index is 0.172. The number of rotatable bonds is 4. The highest BCUT2D eigenvalue weighted by Crippen LogP contribution is 2.25. The predicted molar refractivity (Wildman–Crippen MR) is 63.9 cm³/mol. The first kappa shape index (κ1) is 12.5.